The van der Waals surface area contributed by atoms with Gasteiger partial charge < -0.3 is 5.73 Å². The van der Waals surface area contributed by atoms with Crippen LogP contribution in [0.1, 0.15) is 24.0 Å². The lowest BCUT2D eigenvalue weighted by Gasteiger charge is -1.99. The lowest BCUT2D eigenvalue weighted by Crippen LogP contribution is -1.96. The van der Waals surface area contributed by atoms with E-state index in [2.05, 4.69) is 11.8 Å². The third-order valence-electron chi connectivity index (χ3n) is 1.94. The quantitative estimate of drug-likeness (QED) is 0.586. The molecule has 1 aromatic carbocycles. The Hall–Kier alpha value is -0.970. The minimum Gasteiger partial charge on any atom is -0.330 e. The first-order valence-corrected chi connectivity index (χ1v) is 5.07. The van der Waals surface area contributed by atoms with E-state index in [0.29, 0.717) is 6.54 Å². The molecule has 0 heterocycles. The van der Waals surface area contributed by atoms with Gasteiger partial charge in [0.2, 0.25) is 0 Å². The Labute approximate surface area is 90.3 Å². The van der Waals surface area contributed by atoms with Gasteiger partial charge in [0, 0.05) is 12.0 Å². The molecule has 0 spiro atoms. The molecule has 1 nitrogen and oxygen atoms in total. The summed E-state index contributed by atoms with van der Waals surface area (Å²) in [5.74, 6) is 6.15. The molecule has 0 aliphatic heterocycles. The van der Waals surface area contributed by atoms with Crippen molar-refractivity contribution in [2.45, 2.75) is 19.8 Å². The summed E-state index contributed by atoms with van der Waals surface area (Å²) in [6.07, 6.45) is 1.78. The number of halogens is 1. The Morgan fingerprint density at radius 1 is 1.43 bits per heavy atom. The normalized spacial score (nSPS) is 9.36. The van der Waals surface area contributed by atoms with Crippen molar-refractivity contribution in [3.8, 4) is 11.8 Å². The number of benzene rings is 1. The standard InChI is InChI=1S/C12H14ClN/c1-10-6-5-8-12(13)11(10)7-3-2-4-9-14/h5-6,8H,2,4,9,14H2,1H3. The third-order valence-corrected chi connectivity index (χ3v) is 2.26. The number of nitrogens with two attached hydrogens (primary N) is 1. The molecule has 74 valence electrons. The van der Waals surface area contributed by atoms with Crippen LogP contribution < -0.4 is 5.73 Å². The van der Waals surface area contributed by atoms with E-state index in [-0.39, 0.29) is 0 Å². The second-order valence-electron chi connectivity index (χ2n) is 3.13. The largest absolute Gasteiger partial charge is 0.330 e. The minimum absolute atomic E-state index is 0.691. The first-order chi connectivity index (χ1) is 6.75. The van der Waals surface area contributed by atoms with Crippen LogP contribution >= 0.6 is 11.6 Å². The van der Waals surface area contributed by atoms with E-state index in [9.17, 15) is 0 Å². The van der Waals surface area contributed by atoms with Gasteiger partial charge in [0.15, 0.2) is 0 Å². The van der Waals surface area contributed by atoms with Gasteiger partial charge in [-0.25, -0.2) is 0 Å². The Balaban J connectivity index is 2.78. The molecule has 0 aliphatic carbocycles. The maximum absolute atomic E-state index is 6.02. The van der Waals surface area contributed by atoms with Crippen molar-refractivity contribution >= 4 is 11.6 Å². The monoisotopic (exact) mass is 207 g/mol. The van der Waals surface area contributed by atoms with Gasteiger partial charge in [-0.1, -0.05) is 35.6 Å². The molecule has 0 saturated carbocycles. The van der Waals surface area contributed by atoms with Crippen LogP contribution in [0.2, 0.25) is 5.02 Å². The second kappa shape index (κ2) is 5.70. The highest BCUT2D eigenvalue weighted by Gasteiger charge is 1.98. The molecule has 0 aliphatic rings. The third kappa shape index (κ3) is 3.06. The van der Waals surface area contributed by atoms with Crippen molar-refractivity contribution in [3.05, 3.63) is 34.3 Å². The van der Waals surface area contributed by atoms with Gasteiger partial charge in [-0.15, -0.1) is 0 Å². The Bertz CT molecular complexity index is 340. The number of unbranched alkanes of at least 4 members (excludes halogenated alkanes) is 1. The van der Waals surface area contributed by atoms with Crippen LogP contribution in [0.5, 0.6) is 0 Å². The van der Waals surface area contributed by atoms with E-state index in [0.717, 1.165) is 29.0 Å². The molecule has 2 heteroatoms. The van der Waals surface area contributed by atoms with Crippen LogP contribution in [-0.4, -0.2) is 6.54 Å². The zero-order chi connectivity index (χ0) is 10.4. The lowest BCUT2D eigenvalue weighted by molar-refractivity contribution is 0.870. The van der Waals surface area contributed by atoms with Crippen molar-refractivity contribution in [2.75, 3.05) is 6.54 Å². The maximum atomic E-state index is 6.02. The molecule has 0 fully saturated rings. The fourth-order valence-electron chi connectivity index (χ4n) is 1.13. The summed E-state index contributed by atoms with van der Waals surface area (Å²) in [6, 6.07) is 5.81. The van der Waals surface area contributed by atoms with Crippen molar-refractivity contribution in [2.24, 2.45) is 5.73 Å². The number of hydrogen-bond acceptors (Lipinski definition) is 1. The summed E-state index contributed by atoms with van der Waals surface area (Å²) in [5, 5.41) is 0.727. The van der Waals surface area contributed by atoms with Gasteiger partial charge in [-0.3, -0.25) is 0 Å². The summed E-state index contributed by atoms with van der Waals surface area (Å²) in [4.78, 5) is 0. The molecule has 0 aromatic heterocycles. The smallest absolute Gasteiger partial charge is 0.0565 e. The topological polar surface area (TPSA) is 26.0 Å². The van der Waals surface area contributed by atoms with E-state index in [4.69, 9.17) is 17.3 Å². The molecular weight excluding hydrogens is 194 g/mol. The minimum atomic E-state index is 0.691. The highest BCUT2D eigenvalue weighted by atomic mass is 35.5. The zero-order valence-electron chi connectivity index (χ0n) is 8.31. The van der Waals surface area contributed by atoms with Crippen LogP contribution in [0.4, 0.5) is 0 Å². The number of rotatable bonds is 2. The van der Waals surface area contributed by atoms with Gasteiger partial charge in [0.05, 0.1) is 5.02 Å². The Morgan fingerprint density at radius 2 is 2.21 bits per heavy atom. The summed E-state index contributed by atoms with van der Waals surface area (Å²) >= 11 is 6.02. The molecule has 1 rings (SSSR count). The van der Waals surface area contributed by atoms with E-state index in [1.54, 1.807) is 0 Å². The van der Waals surface area contributed by atoms with Gasteiger partial charge in [0.1, 0.15) is 0 Å². The number of hydrogen-bond donors (Lipinski definition) is 1. The summed E-state index contributed by atoms with van der Waals surface area (Å²) in [5.41, 5.74) is 7.43. The second-order valence-corrected chi connectivity index (χ2v) is 3.53. The van der Waals surface area contributed by atoms with Crippen LogP contribution in [0, 0.1) is 18.8 Å². The Morgan fingerprint density at radius 3 is 2.86 bits per heavy atom. The molecule has 0 saturated heterocycles. The average Bonchev–Trinajstić information content (AvgIpc) is 2.16. The van der Waals surface area contributed by atoms with E-state index in [1.807, 2.05) is 25.1 Å². The molecule has 0 unspecified atom stereocenters. The lowest BCUT2D eigenvalue weighted by atomic mass is 10.1. The molecule has 0 radical (unpaired) electrons. The van der Waals surface area contributed by atoms with E-state index >= 15 is 0 Å². The van der Waals surface area contributed by atoms with Crippen molar-refractivity contribution < 1.29 is 0 Å². The van der Waals surface area contributed by atoms with Crippen LogP contribution in [0.3, 0.4) is 0 Å². The van der Waals surface area contributed by atoms with Crippen LogP contribution in [0.15, 0.2) is 18.2 Å². The highest BCUT2D eigenvalue weighted by molar-refractivity contribution is 6.31. The molecule has 0 amide bonds. The fraction of sp³-hybridized carbons (Fsp3) is 0.333. The first kappa shape index (κ1) is 11.1. The summed E-state index contributed by atoms with van der Waals surface area (Å²) in [7, 11) is 0. The van der Waals surface area contributed by atoms with E-state index in [1.165, 1.54) is 0 Å². The molecule has 2 N–H and O–H groups in total. The zero-order valence-corrected chi connectivity index (χ0v) is 9.06. The van der Waals surface area contributed by atoms with Gasteiger partial charge >= 0.3 is 0 Å². The van der Waals surface area contributed by atoms with Crippen LogP contribution in [-0.2, 0) is 0 Å². The van der Waals surface area contributed by atoms with Crippen LogP contribution in [0.25, 0.3) is 0 Å². The Kier molecular flexibility index (Phi) is 4.52. The van der Waals surface area contributed by atoms with Crippen molar-refractivity contribution in [3.63, 3.8) is 0 Å². The highest BCUT2D eigenvalue weighted by Crippen LogP contribution is 2.17. The van der Waals surface area contributed by atoms with Gasteiger partial charge in [-0.2, -0.15) is 0 Å². The molecule has 0 bridgehead atoms. The van der Waals surface area contributed by atoms with E-state index < -0.39 is 0 Å². The summed E-state index contributed by atoms with van der Waals surface area (Å²) in [6.45, 7) is 2.70. The molecule has 14 heavy (non-hydrogen) atoms. The average molecular weight is 208 g/mol. The SMILES string of the molecule is Cc1cccc(Cl)c1C#CCCCN. The van der Waals surface area contributed by atoms with Gasteiger partial charge in [0.25, 0.3) is 0 Å². The molecular formula is C12H14ClN. The first-order valence-electron chi connectivity index (χ1n) is 4.69. The summed E-state index contributed by atoms with van der Waals surface area (Å²) < 4.78 is 0. The molecule has 0 atom stereocenters. The number of aryl methyl sites for hydroxylation is 1. The fourth-order valence-corrected chi connectivity index (χ4v) is 1.40. The predicted molar refractivity (Wildman–Crippen MR) is 61.4 cm³/mol. The van der Waals surface area contributed by atoms with Gasteiger partial charge in [-0.05, 0) is 31.5 Å². The molecule has 1 aromatic rings. The maximum Gasteiger partial charge on any atom is 0.0565 e. The van der Waals surface area contributed by atoms with Crippen molar-refractivity contribution in [1.82, 2.24) is 0 Å². The van der Waals surface area contributed by atoms with Crippen molar-refractivity contribution in [1.29, 1.82) is 0 Å². The predicted octanol–water partition coefficient (Wildman–Crippen LogP) is 2.74.